The molecule has 0 bridgehead atoms. The molecule has 1 fully saturated rings. The molecule has 0 spiro atoms. The van der Waals surface area contributed by atoms with Gasteiger partial charge in [0.1, 0.15) is 6.04 Å². The van der Waals surface area contributed by atoms with Crippen LogP contribution >= 0.6 is 11.6 Å². The summed E-state index contributed by atoms with van der Waals surface area (Å²) in [6, 6.07) is 10.2. The quantitative estimate of drug-likeness (QED) is 0.318. The normalized spacial score (nSPS) is 18.5. The lowest BCUT2D eigenvalue weighted by Crippen LogP contribution is -2.59. The molecule has 42 heavy (non-hydrogen) atoms. The second kappa shape index (κ2) is 10.9. The molecule has 5 rings (SSSR count). The van der Waals surface area contributed by atoms with E-state index in [2.05, 4.69) is 10.3 Å². The number of carbonyl (C=O) groups is 3. The highest BCUT2D eigenvalue weighted by atomic mass is 35.5. The van der Waals surface area contributed by atoms with Gasteiger partial charge in [0, 0.05) is 25.8 Å². The van der Waals surface area contributed by atoms with Crippen molar-refractivity contribution < 1.29 is 45.5 Å². The second-order valence-corrected chi connectivity index (χ2v) is 9.93. The standard InChI is InChI=1S/C27H19ClF6N4O4/c28-17-5-7-20(35-12-17)24(42-25(41)27(32,33)34)37-8-9-38-21(13-37)22(39)36-19-6-4-15(11-18(19)23(38)40)14-2-1-3-16(10-14)26(29,30)31/h1-7,10-12,21,24H,8-9,13H2,(H,36,39). The number of alkyl halides is 6. The van der Waals surface area contributed by atoms with Crippen LogP contribution in [0.5, 0.6) is 0 Å². The Bertz CT molecular complexity index is 1550. The molecule has 0 aliphatic carbocycles. The van der Waals surface area contributed by atoms with Gasteiger partial charge in [-0.25, -0.2) is 4.79 Å². The number of ether oxygens (including phenoxy) is 1. The zero-order valence-electron chi connectivity index (χ0n) is 21.2. The Morgan fingerprint density at radius 1 is 1.00 bits per heavy atom. The van der Waals surface area contributed by atoms with E-state index in [1.807, 2.05) is 0 Å². The maximum absolute atomic E-state index is 13.6. The number of halogens is 7. The van der Waals surface area contributed by atoms with Gasteiger partial charge in [-0.05, 0) is 47.5 Å². The Morgan fingerprint density at radius 3 is 2.40 bits per heavy atom. The Morgan fingerprint density at radius 2 is 1.74 bits per heavy atom. The van der Waals surface area contributed by atoms with Crippen molar-refractivity contribution in [1.82, 2.24) is 14.8 Å². The predicted octanol–water partition coefficient (Wildman–Crippen LogP) is 5.30. The highest BCUT2D eigenvalue weighted by Crippen LogP contribution is 2.35. The van der Waals surface area contributed by atoms with Crippen molar-refractivity contribution in [2.75, 3.05) is 25.0 Å². The topological polar surface area (TPSA) is 91.8 Å². The monoisotopic (exact) mass is 612 g/mol. The molecular formula is C27H19ClF6N4O4. The zero-order chi connectivity index (χ0) is 30.4. The number of nitrogens with zero attached hydrogens (tertiary/aromatic N) is 3. The minimum absolute atomic E-state index is 0.0219. The van der Waals surface area contributed by atoms with Gasteiger partial charge in [-0.15, -0.1) is 0 Å². The number of nitrogens with one attached hydrogen (secondary N) is 1. The summed E-state index contributed by atoms with van der Waals surface area (Å²) in [7, 11) is 0. The third-order valence-electron chi connectivity index (χ3n) is 6.79. The fourth-order valence-corrected chi connectivity index (χ4v) is 4.88. The van der Waals surface area contributed by atoms with Gasteiger partial charge in [0.05, 0.1) is 27.5 Å². The summed E-state index contributed by atoms with van der Waals surface area (Å²) < 4.78 is 83.7. The summed E-state index contributed by atoms with van der Waals surface area (Å²) in [5.41, 5.74) is -0.328. The van der Waals surface area contributed by atoms with Gasteiger partial charge >= 0.3 is 18.3 Å². The SMILES string of the molecule is O=C1Nc2ccc(-c3cccc(C(F)(F)F)c3)cc2C(=O)N2CCN(C(OC(=O)C(F)(F)F)c3ccc(Cl)cn3)CC12. The van der Waals surface area contributed by atoms with Crippen molar-refractivity contribution in [3.05, 3.63) is 82.6 Å². The molecule has 2 aromatic carbocycles. The van der Waals surface area contributed by atoms with Gasteiger partial charge in [-0.2, -0.15) is 26.3 Å². The number of piperazine rings is 1. The molecule has 8 nitrogen and oxygen atoms in total. The molecule has 2 amide bonds. The fourth-order valence-electron chi connectivity index (χ4n) is 4.76. The molecule has 15 heteroatoms. The number of rotatable bonds is 4. The predicted molar refractivity (Wildman–Crippen MR) is 136 cm³/mol. The van der Waals surface area contributed by atoms with Crippen molar-refractivity contribution in [3.63, 3.8) is 0 Å². The van der Waals surface area contributed by atoms with Gasteiger partial charge in [-0.1, -0.05) is 29.8 Å². The maximum atomic E-state index is 13.6. The van der Waals surface area contributed by atoms with Crippen LogP contribution in [0.25, 0.3) is 11.1 Å². The molecule has 2 atom stereocenters. The number of amides is 2. The Kier molecular flexibility index (Phi) is 7.62. The molecule has 0 radical (unpaired) electrons. The van der Waals surface area contributed by atoms with Crippen LogP contribution in [0.4, 0.5) is 32.0 Å². The maximum Gasteiger partial charge on any atom is 0.490 e. The third-order valence-corrected chi connectivity index (χ3v) is 7.02. The molecular weight excluding hydrogens is 594 g/mol. The van der Waals surface area contributed by atoms with Crippen LogP contribution < -0.4 is 5.32 Å². The first-order valence-electron chi connectivity index (χ1n) is 12.3. The van der Waals surface area contributed by atoms with Crippen molar-refractivity contribution in [1.29, 1.82) is 0 Å². The highest BCUT2D eigenvalue weighted by molar-refractivity contribution is 6.30. The van der Waals surface area contributed by atoms with Crippen molar-refractivity contribution in [2.24, 2.45) is 0 Å². The van der Waals surface area contributed by atoms with E-state index in [1.165, 1.54) is 52.3 Å². The summed E-state index contributed by atoms with van der Waals surface area (Å²) in [4.78, 5) is 45.0. The van der Waals surface area contributed by atoms with Crippen LogP contribution in [0.15, 0.2) is 60.8 Å². The molecule has 1 saturated heterocycles. The number of carbonyl (C=O) groups excluding carboxylic acids is 3. The number of esters is 1. The highest BCUT2D eigenvalue weighted by Gasteiger charge is 2.46. The number of pyridine rings is 1. The van der Waals surface area contributed by atoms with E-state index in [4.69, 9.17) is 16.3 Å². The summed E-state index contributed by atoms with van der Waals surface area (Å²) in [5.74, 6) is -3.75. The van der Waals surface area contributed by atoms with Crippen LogP contribution in [0, 0.1) is 0 Å². The number of hydrogen-bond donors (Lipinski definition) is 1. The first kappa shape index (κ1) is 29.3. The molecule has 1 aromatic heterocycles. The number of aromatic nitrogens is 1. The van der Waals surface area contributed by atoms with Crippen LogP contribution in [-0.2, 0) is 20.5 Å². The summed E-state index contributed by atoms with van der Waals surface area (Å²) in [6.45, 7) is -0.595. The zero-order valence-corrected chi connectivity index (χ0v) is 21.9. The number of fused-ring (bicyclic) bond motifs is 2. The van der Waals surface area contributed by atoms with Crippen LogP contribution in [0.3, 0.4) is 0 Å². The van der Waals surface area contributed by atoms with Crippen LogP contribution in [0.1, 0.15) is 27.8 Å². The lowest BCUT2D eigenvalue weighted by atomic mass is 9.99. The molecule has 220 valence electrons. The van der Waals surface area contributed by atoms with Crippen LogP contribution in [-0.4, -0.2) is 64.4 Å². The molecule has 2 aliphatic rings. The third kappa shape index (κ3) is 5.90. The first-order valence-corrected chi connectivity index (χ1v) is 12.7. The Balaban J connectivity index is 1.43. The average molecular weight is 613 g/mol. The average Bonchev–Trinajstić information content (AvgIpc) is 3.04. The fraction of sp³-hybridized carbons (Fsp3) is 0.259. The lowest BCUT2D eigenvalue weighted by molar-refractivity contribution is -0.215. The summed E-state index contributed by atoms with van der Waals surface area (Å²) in [5, 5.41) is 2.79. The minimum atomic E-state index is -5.30. The first-order chi connectivity index (χ1) is 19.7. The molecule has 3 heterocycles. The van der Waals surface area contributed by atoms with Gasteiger partial charge < -0.3 is 15.0 Å². The molecule has 0 saturated carbocycles. The summed E-state index contributed by atoms with van der Waals surface area (Å²) >= 11 is 5.84. The summed E-state index contributed by atoms with van der Waals surface area (Å²) in [6.07, 6.45) is -10.4. The number of hydrogen-bond acceptors (Lipinski definition) is 6. The number of benzene rings is 2. The molecule has 1 N–H and O–H groups in total. The number of anilines is 1. The Labute approximate surface area is 238 Å². The van der Waals surface area contributed by atoms with E-state index in [1.54, 1.807) is 0 Å². The van der Waals surface area contributed by atoms with Gasteiger partial charge in [-0.3, -0.25) is 19.5 Å². The van der Waals surface area contributed by atoms with Gasteiger partial charge in [0.25, 0.3) is 5.91 Å². The van der Waals surface area contributed by atoms with Crippen LogP contribution in [0.2, 0.25) is 5.02 Å². The molecule has 3 aromatic rings. The Hall–Kier alpha value is -4.17. The van der Waals surface area contributed by atoms with Crippen molar-refractivity contribution in [3.8, 4) is 11.1 Å². The smallest absolute Gasteiger partial charge is 0.434 e. The van der Waals surface area contributed by atoms with Gasteiger partial charge in [0.15, 0.2) is 6.23 Å². The minimum Gasteiger partial charge on any atom is -0.434 e. The van der Waals surface area contributed by atoms with E-state index in [0.29, 0.717) is 5.56 Å². The van der Waals surface area contributed by atoms with E-state index >= 15 is 0 Å². The van der Waals surface area contributed by atoms with E-state index in [9.17, 15) is 40.7 Å². The second-order valence-electron chi connectivity index (χ2n) is 9.49. The van der Waals surface area contributed by atoms with E-state index in [0.717, 1.165) is 18.3 Å². The van der Waals surface area contributed by atoms with Gasteiger partial charge in [0.2, 0.25) is 5.91 Å². The molecule has 2 aliphatic heterocycles. The van der Waals surface area contributed by atoms with E-state index in [-0.39, 0.29) is 47.2 Å². The van der Waals surface area contributed by atoms with Crippen molar-refractivity contribution in [2.45, 2.75) is 24.6 Å². The largest absolute Gasteiger partial charge is 0.490 e. The van der Waals surface area contributed by atoms with Crippen molar-refractivity contribution >= 4 is 35.1 Å². The lowest BCUT2D eigenvalue weighted by Gasteiger charge is -2.41. The van der Waals surface area contributed by atoms with E-state index < -0.39 is 48.0 Å². The molecule has 2 unspecified atom stereocenters.